The summed E-state index contributed by atoms with van der Waals surface area (Å²) >= 11 is 6.09. The summed E-state index contributed by atoms with van der Waals surface area (Å²) in [5.74, 6) is 0.0200. The fourth-order valence-electron chi connectivity index (χ4n) is 3.00. The van der Waals surface area contributed by atoms with Gasteiger partial charge in [0.1, 0.15) is 0 Å². The van der Waals surface area contributed by atoms with Crippen molar-refractivity contribution >= 4 is 50.1 Å². The highest BCUT2D eigenvalue weighted by atomic mass is 79.9. The molecule has 0 unspecified atom stereocenters. The molecule has 0 radical (unpaired) electrons. The van der Waals surface area contributed by atoms with Crippen LogP contribution in [0.25, 0.3) is 11.3 Å². The van der Waals surface area contributed by atoms with Gasteiger partial charge < -0.3 is 4.98 Å². The Labute approximate surface area is 201 Å². The van der Waals surface area contributed by atoms with Gasteiger partial charge in [0, 0.05) is 27.2 Å². The van der Waals surface area contributed by atoms with Gasteiger partial charge in [0.2, 0.25) is 5.91 Å². The molecule has 0 saturated heterocycles. The number of benzene rings is 2. The smallest absolute Gasteiger partial charge is 0.251 e. The molecule has 6 nitrogen and oxygen atoms in total. The Bertz CT molecular complexity index is 1270. The molecule has 32 heavy (non-hydrogen) atoms. The minimum atomic E-state index is -0.229. The van der Waals surface area contributed by atoms with Crippen molar-refractivity contribution in [3.05, 3.63) is 92.1 Å². The Balaban J connectivity index is 1.57. The van der Waals surface area contributed by atoms with Crippen molar-refractivity contribution < 1.29 is 4.79 Å². The van der Waals surface area contributed by atoms with E-state index in [1.165, 1.54) is 29.2 Å². The van der Waals surface area contributed by atoms with E-state index < -0.39 is 0 Å². The van der Waals surface area contributed by atoms with Gasteiger partial charge in [-0.25, -0.2) is 9.97 Å². The Morgan fingerprint density at radius 1 is 1.12 bits per heavy atom. The Morgan fingerprint density at radius 2 is 1.88 bits per heavy atom. The summed E-state index contributed by atoms with van der Waals surface area (Å²) in [6.45, 7) is 2.16. The second kappa shape index (κ2) is 10.2. The number of thioether (sulfide) groups is 1. The molecule has 1 N–H and O–H groups in total. The molecule has 162 valence electrons. The molecule has 2 heterocycles. The summed E-state index contributed by atoms with van der Waals surface area (Å²) in [5.41, 5.74) is 3.20. The van der Waals surface area contributed by atoms with E-state index in [0.717, 1.165) is 21.3 Å². The lowest BCUT2D eigenvalue weighted by Gasteiger charge is -2.20. The molecular weight excluding hydrogens is 508 g/mol. The van der Waals surface area contributed by atoms with Crippen molar-refractivity contribution in [2.75, 3.05) is 10.7 Å². The number of hydrogen-bond donors (Lipinski definition) is 1. The van der Waals surface area contributed by atoms with Crippen LogP contribution in [0, 0.1) is 6.92 Å². The van der Waals surface area contributed by atoms with Crippen molar-refractivity contribution in [2.24, 2.45) is 0 Å². The van der Waals surface area contributed by atoms with Gasteiger partial charge in [0.25, 0.3) is 5.56 Å². The second-order valence-corrected chi connectivity index (χ2v) is 9.68. The Kier molecular flexibility index (Phi) is 7.19. The highest BCUT2D eigenvalue weighted by molar-refractivity contribution is 9.10. The zero-order valence-electron chi connectivity index (χ0n) is 17.1. The first kappa shape index (κ1) is 22.4. The summed E-state index contributed by atoms with van der Waals surface area (Å²) in [7, 11) is 0. The quantitative estimate of drug-likeness (QED) is 0.261. The highest BCUT2D eigenvalue weighted by Gasteiger charge is 2.21. The van der Waals surface area contributed by atoms with E-state index in [2.05, 4.69) is 25.9 Å². The van der Waals surface area contributed by atoms with Gasteiger partial charge in [-0.1, -0.05) is 70.2 Å². The standard InChI is InChI=1S/C23H19BrN4O2S2/c1-15-11-20(29)27-22(25-15)31-14-21(30)28(12-16-5-3-2-4-6-16)23-26-19(13-32-23)17-7-9-18(24)10-8-17/h2-11,13H,12,14H2,1H3,(H,25,27,29). The molecule has 2 aromatic carbocycles. The molecule has 0 aliphatic heterocycles. The number of carbonyl (C=O) groups is 1. The van der Waals surface area contributed by atoms with Gasteiger partial charge in [-0.15, -0.1) is 11.3 Å². The van der Waals surface area contributed by atoms with Crippen LogP contribution in [0.2, 0.25) is 0 Å². The number of amides is 1. The van der Waals surface area contributed by atoms with Crippen LogP contribution in [0.5, 0.6) is 0 Å². The van der Waals surface area contributed by atoms with Gasteiger partial charge >= 0.3 is 0 Å². The van der Waals surface area contributed by atoms with Crippen LogP contribution in [0.4, 0.5) is 5.13 Å². The van der Waals surface area contributed by atoms with Gasteiger partial charge in [-0.05, 0) is 24.6 Å². The number of aromatic amines is 1. The first-order valence-electron chi connectivity index (χ1n) is 9.74. The maximum atomic E-state index is 13.2. The molecule has 0 atom stereocenters. The van der Waals surface area contributed by atoms with Crippen LogP contribution in [-0.4, -0.2) is 26.6 Å². The number of thiazole rings is 1. The van der Waals surface area contributed by atoms with E-state index in [0.29, 0.717) is 22.5 Å². The van der Waals surface area contributed by atoms with Crippen molar-refractivity contribution in [1.29, 1.82) is 0 Å². The SMILES string of the molecule is Cc1cc(=O)[nH]c(SCC(=O)N(Cc2ccccc2)c2nc(-c3ccc(Br)cc3)cs2)n1. The molecule has 0 aliphatic rings. The van der Waals surface area contributed by atoms with Crippen molar-refractivity contribution in [1.82, 2.24) is 15.0 Å². The van der Waals surface area contributed by atoms with Gasteiger partial charge in [0.15, 0.2) is 10.3 Å². The van der Waals surface area contributed by atoms with Gasteiger partial charge in [-0.3, -0.25) is 14.5 Å². The van der Waals surface area contributed by atoms with E-state index in [4.69, 9.17) is 4.98 Å². The van der Waals surface area contributed by atoms with Crippen LogP contribution < -0.4 is 10.5 Å². The predicted molar refractivity (Wildman–Crippen MR) is 133 cm³/mol. The molecule has 1 amide bonds. The molecule has 4 aromatic rings. The van der Waals surface area contributed by atoms with E-state index in [9.17, 15) is 9.59 Å². The topological polar surface area (TPSA) is 79.0 Å². The Hall–Kier alpha value is -2.75. The van der Waals surface area contributed by atoms with E-state index in [1.807, 2.05) is 60.0 Å². The molecule has 0 fully saturated rings. The molecule has 9 heteroatoms. The average molecular weight is 527 g/mol. The normalized spacial score (nSPS) is 10.8. The van der Waals surface area contributed by atoms with Gasteiger partial charge in [-0.2, -0.15) is 0 Å². The summed E-state index contributed by atoms with van der Waals surface area (Å²) in [4.78, 5) is 38.3. The van der Waals surface area contributed by atoms with Gasteiger partial charge in [0.05, 0.1) is 18.0 Å². The summed E-state index contributed by atoms with van der Waals surface area (Å²) in [6, 6.07) is 19.1. The van der Waals surface area contributed by atoms with Crippen LogP contribution in [0.15, 0.2) is 80.5 Å². The summed E-state index contributed by atoms with van der Waals surface area (Å²) in [6.07, 6.45) is 0. The number of carbonyl (C=O) groups excluding carboxylic acids is 1. The molecule has 0 saturated carbocycles. The van der Waals surface area contributed by atoms with Crippen LogP contribution in [-0.2, 0) is 11.3 Å². The third-order valence-corrected chi connectivity index (χ3v) is 6.78. The molecule has 2 aromatic heterocycles. The lowest BCUT2D eigenvalue weighted by molar-refractivity contribution is -0.116. The zero-order valence-corrected chi connectivity index (χ0v) is 20.3. The fourth-order valence-corrected chi connectivity index (χ4v) is 4.91. The highest BCUT2D eigenvalue weighted by Crippen LogP contribution is 2.30. The second-order valence-electron chi connectivity index (χ2n) is 6.97. The minimum Gasteiger partial charge on any atom is -0.301 e. The van der Waals surface area contributed by atoms with Crippen LogP contribution >= 0.6 is 39.0 Å². The largest absolute Gasteiger partial charge is 0.301 e. The number of nitrogens with zero attached hydrogens (tertiary/aromatic N) is 3. The number of halogens is 1. The van der Waals surface area contributed by atoms with Crippen molar-refractivity contribution in [3.63, 3.8) is 0 Å². The van der Waals surface area contributed by atoms with E-state index >= 15 is 0 Å². The predicted octanol–water partition coefficient (Wildman–Crippen LogP) is 5.29. The van der Waals surface area contributed by atoms with E-state index in [1.54, 1.807) is 11.8 Å². The average Bonchev–Trinajstić information content (AvgIpc) is 3.26. The lowest BCUT2D eigenvalue weighted by atomic mass is 10.2. The fraction of sp³-hybridized carbons (Fsp3) is 0.130. The monoisotopic (exact) mass is 526 g/mol. The first-order valence-corrected chi connectivity index (χ1v) is 12.4. The number of nitrogens with one attached hydrogen (secondary N) is 1. The number of H-pyrrole nitrogens is 1. The number of aryl methyl sites for hydroxylation is 1. The van der Waals surface area contributed by atoms with Crippen molar-refractivity contribution in [2.45, 2.75) is 18.6 Å². The third-order valence-electron chi connectivity index (χ3n) is 4.53. The zero-order chi connectivity index (χ0) is 22.5. The lowest BCUT2D eigenvalue weighted by Crippen LogP contribution is -2.32. The number of anilines is 1. The maximum absolute atomic E-state index is 13.2. The molecule has 0 aliphatic carbocycles. The summed E-state index contributed by atoms with van der Waals surface area (Å²) < 4.78 is 0.998. The third kappa shape index (κ3) is 5.73. The van der Waals surface area contributed by atoms with Crippen LogP contribution in [0.3, 0.4) is 0 Å². The molecule has 0 bridgehead atoms. The minimum absolute atomic E-state index is 0.111. The molecule has 4 rings (SSSR count). The van der Waals surface area contributed by atoms with Crippen molar-refractivity contribution in [3.8, 4) is 11.3 Å². The number of rotatable bonds is 7. The number of aromatic nitrogens is 3. The van der Waals surface area contributed by atoms with E-state index in [-0.39, 0.29) is 17.2 Å². The number of hydrogen-bond acceptors (Lipinski definition) is 6. The first-order chi connectivity index (χ1) is 15.5. The summed E-state index contributed by atoms with van der Waals surface area (Å²) in [5, 5.41) is 3.01. The maximum Gasteiger partial charge on any atom is 0.251 e. The molecule has 0 spiro atoms. The Morgan fingerprint density at radius 3 is 2.59 bits per heavy atom. The van der Waals surface area contributed by atoms with Crippen LogP contribution in [0.1, 0.15) is 11.3 Å². The molecular formula is C23H19BrN4O2S2.